The standard InChI is InChI=1S/C14H16N2OS2/c1-2-7-16(9-13(15)18)14(17)12-8-10-5-3-4-6-11(10)19-12/h3-6,8H,2,7,9H2,1H3,(H2,15,18). The van der Waals surface area contributed by atoms with E-state index in [4.69, 9.17) is 18.0 Å². The molecule has 2 rings (SSSR count). The van der Waals surface area contributed by atoms with E-state index in [0.29, 0.717) is 18.1 Å². The van der Waals surface area contributed by atoms with Gasteiger partial charge >= 0.3 is 0 Å². The predicted octanol–water partition coefficient (Wildman–Crippen LogP) is 3.04. The van der Waals surface area contributed by atoms with E-state index in [1.54, 1.807) is 4.90 Å². The zero-order chi connectivity index (χ0) is 13.8. The lowest BCUT2D eigenvalue weighted by molar-refractivity contribution is 0.0785. The number of carbonyl (C=O) groups excluding carboxylic acids is 1. The van der Waals surface area contributed by atoms with Crippen LogP contribution in [0.3, 0.4) is 0 Å². The third-order valence-electron chi connectivity index (χ3n) is 2.76. The minimum atomic E-state index is 0.0100. The molecule has 0 fully saturated rings. The van der Waals surface area contributed by atoms with Crippen molar-refractivity contribution in [2.24, 2.45) is 5.73 Å². The largest absolute Gasteiger partial charge is 0.392 e. The predicted molar refractivity (Wildman–Crippen MR) is 84.8 cm³/mol. The van der Waals surface area contributed by atoms with Gasteiger partial charge in [-0.05, 0) is 23.9 Å². The van der Waals surface area contributed by atoms with Crippen LogP contribution in [-0.4, -0.2) is 28.9 Å². The maximum atomic E-state index is 12.5. The van der Waals surface area contributed by atoms with Crippen LogP contribution in [0.15, 0.2) is 30.3 Å². The average molecular weight is 292 g/mol. The number of nitrogens with zero attached hydrogens (tertiary/aromatic N) is 1. The molecule has 0 radical (unpaired) electrons. The third-order valence-corrected chi connectivity index (χ3v) is 4.00. The van der Waals surface area contributed by atoms with Crippen LogP contribution in [0.5, 0.6) is 0 Å². The quantitative estimate of drug-likeness (QED) is 0.862. The Morgan fingerprint density at radius 2 is 2.16 bits per heavy atom. The molecule has 0 aliphatic rings. The molecule has 1 aromatic carbocycles. The molecule has 0 aliphatic carbocycles. The lowest BCUT2D eigenvalue weighted by atomic mass is 10.2. The Bertz CT molecular complexity index is 573. The van der Waals surface area contributed by atoms with E-state index in [2.05, 4.69) is 0 Å². The van der Waals surface area contributed by atoms with Gasteiger partial charge in [-0.15, -0.1) is 11.3 Å². The van der Waals surface area contributed by atoms with E-state index in [1.807, 2.05) is 37.3 Å². The van der Waals surface area contributed by atoms with Crippen LogP contribution in [0.4, 0.5) is 0 Å². The maximum absolute atomic E-state index is 12.5. The molecule has 19 heavy (non-hydrogen) atoms. The van der Waals surface area contributed by atoms with Gasteiger partial charge in [-0.2, -0.15) is 0 Å². The van der Waals surface area contributed by atoms with Crippen molar-refractivity contribution < 1.29 is 4.79 Å². The van der Waals surface area contributed by atoms with Crippen LogP contribution in [0.25, 0.3) is 10.1 Å². The molecule has 0 saturated carbocycles. The first kappa shape index (κ1) is 14.0. The molecule has 1 aromatic heterocycles. The van der Waals surface area contributed by atoms with Crippen LogP contribution >= 0.6 is 23.6 Å². The number of hydrogen-bond acceptors (Lipinski definition) is 3. The van der Waals surface area contributed by atoms with Crippen LogP contribution in [0.2, 0.25) is 0 Å². The molecule has 0 atom stereocenters. The first-order chi connectivity index (χ1) is 9.11. The molecule has 0 saturated heterocycles. The molecular weight excluding hydrogens is 276 g/mol. The van der Waals surface area contributed by atoms with Gasteiger partial charge in [-0.25, -0.2) is 0 Å². The summed E-state index contributed by atoms with van der Waals surface area (Å²) < 4.78 is 1.12. The summed E-state index contributed by atoms with van der Waals surface area (Å²) in [7, 11) is 0. The summed E-state index contributed by atoms with van der Waals surface area (Å²) in [4.78, 5) is 15.3. The number of nitrogens with two attached hydrogens (primary N) is 1. The van der Waals surface area contributed by atoms with Crippen molar-refractivity contribution in [1.82, 2.24) is 4.90 Å². The summed E-state index contributed by atoms with van der Waals surface area (Å²) in [6.45, 7) is 3.05. The number of hydrogen-bond donors (Lipinski definition) is 1. The molecule has 100 valence electrons. The van der Waals surface area contributed by atoms with Crippen molar-refractivity contribution in [2.45, 2.75) is 13.3 Å². The van der Waals surface area contributed by atoms with Crippen LogP contribution in [0, 0.1) is 0 Å². The van der Waals surface area contributed by atoms with Gasteiger partial charge in [-0.3, -0.25) is 4.79 Å². The third kappa shape index (κ3) is 3.30. The first-order valence-electron chi connectivity index (χ1n) is 6.18. The SMILES string of the molecule is CCCN(CC(N)=S)C(=O)c1cc2ccccc2s1. The monoisotopic (exact) mass is 292 g/mol. The maximum Gasteiger partial charge on any atom is 0.264 e. The number of rotatable bonds is 5. The number of fused-ring (bicyclic) bond motifs is 1. The lowest BCUT2D eigenvalue weighted by Gasteiger charge is -2.20. The summed E-state index contributed by atoms with van der Waals surface area (Å²) in [6, 6.07) is 9.92. The molecule has 2 aromatic rings. The van der Waals surface area contributed by atoms with Gasteiger partial charge in [0.2, 0.25) is 0 Å². The van der Waals surface area contributed by atoms with Crippen molar-refractivity contribution in [3.8, 4) is 0 Å². The van der Waals surface area contributed by atoms with Crippen molar-refractivity contribution >= 4 is 44.5 Å². The highest BCUT2D eigenvalue weighted by Gasteiger charge is 2.18. The molecule has 0 spiro atoms. The minimum Gasteiger partial charge on any atom is -0.392 e. The smallest absolute Gasteiger partial charge is 0.264 e. The number of thiocarbonyl (C=S) groups is 1. The highest BCUT2D eigenvalue weighted by Crippen LogP contribution is 2.26. The summed E-state index contributed by atoms with van der Waals surface area (Å²) in [5.41, 5.74) is 5.56. The van der Waals surface area contributed by atoms with Crippen molar-refractivity contribution in [3.05, 3.63) is 35.2 Å². The molecule has 5 heteroatoms. The van der Waals surface area contributed by atoms with Gasteiger partial charge in [-0.1, -0.05) is 37.3 Å². The number of thiophene rings is 1. The summed E-state index contributed by atoms with van der Waals surface area (Å²) in [5.74, 6) is 0.0100. The second-order valence-electron chi connectivity index (χ2n) is 4.34. The first-order valence-corrected chi connectivity index (χ1v) is 7.40. The van der Waals surface area contributed by atoms with Crippen LogP contribution in [0.1, 0.15) is 23.0 Å². The molecule has 3 nitrogen and oxygen atoms in total. The van der Waals surface area contributed by atoms with E-state index in [9.17, 15) is 4.79 Å². The van der Waals surface area contributed by atoms with E-state index >= 15 is 0 Å². The summed E-state index contributed by atoms with van der Waals surface area (Å²) in [5, 5.41) is 1.10. The highest BCUT2D eigenvalue weighted by atomic mass is 32.1. The van der Waals surface area contributed by atoms with Gasteiger partial charge < -0.3 is 10.6 Å². The lowest BCUT2D eigenvalue weighted by Crippen LogP contribution is -2.37. The van der Waals surface area contributed by atoms with Gasteiger partial charge in [0.15, 0.2) is 0 Å². The molecular formula is C14H16N2OS2. The Balaban J connectivity index is 2.27. The fraction of sp³-hybridized carbons (Fsp3) is 0.286. The summed E-state index contributed by atoms with van der Waals surface area (Å²) in [6.07, 6.45) is 0.888. The van der Waals surface area contributed by atoms with Gasteiger partial charge in [0, 0.05) is 11.2 Å². The van der Waals surface area contributed by atoms with Gasteiger partial charge in [0.05, 0.1) is 16.4 Å². The van der Waals surface area contributed by atoms with E-state index in [-0.39, 0.29) is 5.91 Å². The Morgan fingerprint density at radius 3 is 2.79 bits per heavy atom. The molecule has 1 amide bonds. The van der Waals surface area contributed by atoms with Crippen molar-refractivity contribution in [1.29, 1.82) is 0 Å². The fourth-order valence-electron chi connectivity index (χ4n) is 1.95. The normalized spacial score (nSPS) is 10.6. The van der Waals surface area contributed by atoms with E-state index in [1.165, 1.54) is 11.3 Å². The molecule has 0 aliphatic heterocycles. The average Bonchev–Trinajstić information content (AvgIpc) is 2.80. The highest BCUT2D eigenvalue weighted by molar-refractivity contribution is 7.80. The van der Waals surface area contributed by atoms with E-state index in [0.717, 1.165) is 21.4 Å². The fourth-order valence-corrected chi connectivity index (χ4v) is 3.14. The van der Waals surface area contributed by atoms with Gasteiger partial charge in [0.1, 0.15) is 0 Å². The Hall–Kier alpha value is -1.46. The molecule has 1 heterocycles. The van der Waals surface area contributed by atoms with Gasteiger partial charge in [0.25, 0.3) is 5.91 Å². The van der Waals surface area contributed by atoms with Crippen molar-refractivity contribution in [3.63, 3.8) is 0 Å². The number of amides is 1. The van der Waals surface area contributed by atoms with Crippen molar-refractivity contribution in [2.75, 3.05) is 13.1 Å². The molecule has 0 bridgehead atoms. The van der Waals surface area contributed by atoms with Crippen LogP contribution < -0.4 is 5.73 Å². The zero-order valence-electron chi connectivity index (χ0n) is 10.8. The minimum absolute atomic E-state index is 0.0100. The van der Waals surface area contributed by atoms with Crippen LogP contribution in [-0.2, 0) is 0 Å². The van der Waals surface area contributed by atoms with E-state index < -0.39 is 0 Å². The Morgan fingerprint density at radius 1 is 1.42 bits per heavy atom. The Kier molecular flexibility index (Phi) is 4.50. The molecule has 2 N–H and O–H groups in total. The second kappa shape index (κ2) is 6.12. The molecule has 0 unspecified atom stereocenters. The summed E-state index contributed by atoms with van der Waals surface area (Å²) >= 11 is 6.42. The number of carbonyl (C=O) groups is 1. The zero-order valence-corrected chi connectivity index (χ0v) is 12.4. The topological polar surface area (TPSA) is 46.3 Å². The Labute approximate surface area is 122 Å². The number of benzene rings is 1. The second-order valence-corrected chi connectivity index (χ2v) is 5.95.